The summed E-state index contributed by atoms with van der Waals surface area (Å²) in [5.41, 5.74) is 6.66. The smallest absolute Gasteiger partial charge is 0.156 e. The van der Waals surface area contributed by atoms with Crippen molar-refractivity contribution in [3.05, 3.63) is 22.7 Å². The van der Waals surface area contributed by atoms with Crippen molar-refractivity contribution in [1.29, 1.82) is 0 Å². The normalized spacial score (nSPS) is 24.6. The lowest BCUT2D eigenvalue weighted by atomic mass is 9.86. The van der Waals surface area contributed by atoms with Crippen molar-refractivity contribution in [2.75, 3.05) is 5.73 Å². The molecule has 0 aliphatic heterocycles. The van der Waals surface area contributed by atoms with Crippen LogP contribution in [0.3, 0.4) is 0 Å². The fourth-order valence-corrected chi connectivity index (χ4v) is 2.95. The van der Waals surface area contributed by atoms with Gasteiger partial charge in [-0.1, -0.05) is 19.4 Å². The Morgan fingerprint density at radius 2 is 2.00 bits per heavy atom. The zero-order valence-electron chi connectivity index (χ0n) is 10.3. The van der Waals surface area contributed by atoms with Crippen molar-refractivity contribution in [1.82, 2.24) is 0 Å². The third-order valence-electron chi connectivity index (χ3n) is 3.65. The van der Waals surface area contributed by atoms with E-state index in [1.54, 1.807) is 0 Å². The summed E-state index contributed by atoms with van der Waals surface area (Å²) in [5, 5.41) is 0. The molecule has 0 bridgehead atoms. The van der Waals surface area contributed by atoms with Gasteiger partial charge in [0.2, 0.25) is 0 Å². The molecule has 0 aromatic heterocycles. The van der Waals surface area contributed by atoms with Crippen molar-refractivity contribution in [2.45, 2.75) is 45.1 Å². The third-order valence-corrected chi connectivity index (χ3v) is 4.28. The second-order valence-electron chi connectivity index (χ2n) is 4.83. The van der Waals surface area contributed by atoms with Gasteiger partial charge in [-0.05, 0) is 59.7 Å². The summed E-state index contributed by atoms with van der Waals surface area (Å²) in [6.07, 6.45) is 6.50. The minimum atomic E-state index is 0.332. The number of nitrogens with two attached hydrogens (primary N) is 1. The standard InChI is InChI=1S/C14H20BrNO/c1-2-10-6-8-11(9-7-10)17-14-12(15)4-3-5-13(14)16/h3-5,10-11H,2,6-9,16H2,1H3. The molecule has 0 atom stereocenters. The van der Waals surface area contributed by atoms with Gasteiger partial charge in [-0.2, -0.15) is 0 Å². The summed E-state index contributed by atoms with van der Waals surface area (Å²) in [5.74, 6) is 1.71. The minimum Gasteiger partial charge on any atom is -0.487 e. The van der Waals surface area contributed by atoms with Gasteiger partial charge in [0, 0.05) is 0 Å². The Labute approximate surface area is 112 Å². The van der Waals surface area contributed by atoms with E-state index in [2.05, 4.69) is 22.9 Å². The first-order valence-corrected chi connectivity index (χ1v) is 7.20. The number of halogens is 1. The number of rotatable bonds is 3. The lowest BCUT2D eigenvalue weighted by molar-refractivity contribution is 0.130. The van der Waals surface area contributed by atoms with Crippen LogP contribution in [-0.2, 0) is 0 Å². The molecule has 0 radical (unpaired) electrons. The summed E-state index contributed by atoms with van der Waals surface area (Å²) in [6, 6.07) is 5.79. The quantitative estimate of drug-likeness (QED) is 0.840. The van der Waals surface area contributed by atoms with Crippen LogP contribution < -0.4 is 10.5 Å². The van der Waals surface area contributed by atoms with Crippen LogP contribution in [0.2, 0.25) is 0 Å². The molecular formula is C14H20BrNO. The summed E-state index contributed by atoms with van der Waals surface area (Å²) in [4.78, 5) is 0. The van der Waals surface area contributed by atoms with Gasteiger partial charge in [-0.3, -0.25) is 0 Å². The lowest BCUT2D eigenvalue weighted by Crippen LogP contribution is -2.24. The van der Waals surface area contributed by atoms with Gasteiger partial charge in [0.1, 0.15) is 0 Å². The zero-order chi connectivity index (χ0) is 12.3. The van der Waals surface area contributed by atoms with Crippen molar-refractivity contribution in [3.8, 4) is 5.75 Å². The highest BCUT2D eigenvalue weighted by Crippen LogP contribution is 2.35. The highest BCUT2D eigenvalue weighted by atomic mass is 79.9. The summed E-state index contributed by atoms with van der Waals surface area (Å²) >= 11 is 3.49. The van der Waals surface area contributed by atoms with E-state index in [-0.39, 0.29) is 0 Å². The second-order valence-corrected chi connectivity index (χ2v) is 5.68. The van der Waals surface area contributed by atoms with E-state index in [1.807, 2.05) is 18.2 Å². The first-order chi connectivity index (χ1) is 8.20. The number of benzene rings is 1. The Kier molecular flexibility index (Phi) is 4.32. The Hall–Kier alpha value is -0.700. The van der Waals surface area contributed by atoms with E-state index < -0.39 is 0 Å². The SMILES string of the molecule is CCC1CCC(Oc2c(N)cccc2Br)CC1. The highest BCUT2D eigenvalue weighted by Gasteiger charge is 2.22. The first-order valence-electron chi connectivity index (χ1n) is 6.41. The molecular weight excluding hydrogens is 278 g/mol. The van der Waals surface area contributed by atoms with Crippen molar-refractivity contribution in [2.24, 2.45) is 5.92 Å². The number of ether oxygens (including phenoxy) is 1. The topological polar surface area (TPSA) is 35.2 Å². The molecule has 1 aliphatic rings. The van der Waals surface area contributed by atoms with Crippen LogP contribution in [0.25, 0.3) is 0 Å². The van der Waals surface area contributed by atoms with Gasteiger partial charge in [-0.25, -0.2) is 0 Å². The maximum absolute atomic E-state index is 6.04. The molecule has 0 unspecified atom stereocenters. The van der Waals surface area contributed by atoms with Crippen LogP contribution in [0.4, 0.5) is 5.69 Å². The highest BCUT2D eigenvalue weighted by molar-refractivity contribution is 9.10. The number of nitrogen functional groups attached to an aromatic ring is 1. The van der Waals surface area contributed by atoms with E-state index in [9.17, 15) is 0 Å². The van der Waals surface area contributed by atoms with Crippen molar-refractivity contribution < 1.29 is 4.74 Å². The molecule has 1 fully saturated rings. The largest absolute Gasteiger partial charge is 0.487 e. The molecule has 3 heteroatoms. The molecule has 1 saturated carbocycles. The van der Waals surface area contributed by atoms with Crippen LogP contribution in [0.1, 0.15) is 39.0 Å². The summed E-state index contributed by atoms with van der Waals surface area (Å²) in [6.45, 7) is 2.28. The number of hydrogen-bond donors (Lipinski definition) is 1. The van der Waals surface area contributed by atoms with Gasteiger partial charge < -0.3 is 10.5 Å². The summed E-state index contributed by atoms with van der Waals surface area (Å²) in [7, 11) is 0. The van der Waals surface area contributed by atoms with Gasteiger partial charge >= 0.3 is 0 Å². The Balaban J connectivity index is 1.98. The fourth-order valence-electron chi connectivity index (χ4n) is 2.47. The van der Waals surface area contributed by atoms with Crippen LogP contribution in [0.5, 0.6) is 5.75 Å². The predicted molar refractivity (Wildman–Crippen MR) is 75.2 cm³/mol. The average Bonchev–Trinajstić information content (AvgIpc) is 2.35. The molecule has 1 aromatic rings. The molecule has 0 spiro atoms. The molecule has 1 aromatic carbocycles. The second kappa shape index (κ2) is 5.76. The van der Waals surface area contributed by atoms with Gasteiger partial charge in [-0.15, -0.1) is 0 Å². The number of anilines is 1. The average molecular weight is 298 g/mol. The van der Waals surface area contributed by atoms with E-state index in [4.69, 9.17) is 10.5 Å². The van der Waals surface area contributed by atoms with Gasteiger partial charge in [0.25, 0.3) is 0 Å². The van der Waals surface area contributed by atoms with E-state index in [1.165, 1.54) is 19.3 Å². The molecule has 94 valence electrons. The van der Waals surface area contributed by atoms with E-state index in [0.29, 0.717) is 6.10 Å². The summed E-state index contributed by atoms with van der Waals surface area (Å²) < 4.78 is 6.99. The third kappa shape index (κ3) is 3.15. The molecule has 0 saturated heterocycles. The first kappa shape index (κ1) is 12.7. The molecule has 2 N–H and O–H groups in total. The molecule has 1 aliphatic carbocycles. The molecule has 2 rings (SSSR count). The fraction of sp³-hybridized carbons (Fsp3) is 0.571. The molecule has 0 amide bonds. The Morgan fingerprint density at radius 3 is 2.59 bits per heavy atom. The monoisotopic (exact) mass is 297 g/mol. The number of hydrogen-bond acceptors (Lipinski definition) is 2. The van der Waals surface area contributed by atoms with E-state index in [0.717, 1.165) is 34.7 Å². The maximum atomic E-state index is 6.04. The lowest BCUT2D eigenvalue weighted by Gasteiger charge is -2.29. The van der Waals surface area contributed by atoms with Crippen LogP contribution >= 0.6 is 15.9 Å². The molecule has 0 heterocycles. The maximum Gasteiger partial charge on any atom is 0.156 e. The van der Waals surface area contributed by atoms with Crippen molar-refractivity contribution in [3.63, 3.8) is 0 Å². The van der Waals surface area contributed by atoms with Crippen molar-refractivity contribution >= 4 is 21.6 Å². The van der Waals surface area contributed by atoms with Gasteiger partial charge in [0.15, 0.2) is 5.75 Å². The van der Waals surface area contributed by atoms with Crippen LogP contribution in [0.15, 0.2) is 22.7 Å². The Morgan fingerprint density at radius 1 is 1.29 bits per heavy atom. The van der Waals surface area contributed by atoms with Gasteiger partial charge in [0.05, 0.1) is 16.3 Å². The zero-order valence-corrected chi connectivity index (χ0v) is 11.9. The Bertz CT molecular complexity index is 352. The van der Waals surface area contributed by atoms with Crippen LogP contribution in [-0.4, -0.2) is 6.10 Å². The predicted octanol–water partition coefficient (Wildman–Crippen LogP) is 4.38. The molecule has 17 heavy (non-hydrogen) atoms. The number of para-hydroxylation sites is 1. The van der Waals surface area contributed by atoms with E-state index >= 15 is 0 Å². The minimum absolute atomic E-state index is 0.332. The molecule has 2 nitrogen and oxygen atoms in total. The van der Waals surface area contributed by atoms with Crippen LogP contribution in [0, 0.1) is 5.92 Å².